The van der Waals surface area contributed by atoms with E-state index >= 15 is 0 Å². The Morgan fingerprint density at radius 3 is 2.70 bits per heavy atom. The van der Waals surface area contributed by atoms with Crippen LogP contribution < -0.4 is 4.74 Å². The zero-order chi connectivity index (χ0) is 22.8. The van der Waals surface area contributed by atoms with Gasteiger partial charge in [0.15, 0.2) is 10.8 Å². The summed E-state index contributed by atoms with van der Waals surface area (Å²) in [6.45, 7) is 2.87. The van der Waals surface area contributed by atoms with Crippen molar-refractivity contribution in [2.45, 2.75) is 30.7 Å². The fourth-order valence-electron chi connectivity index (χ4n) is 3.47. The monoisotopic (exact) mass is 481 g/mol. The highest BCUT2D eigenvalue weighted by molar-refractivity contribution is 7.98. The highest BCUT2D eigenvalue weighted by Crippen LogP contribution is 2.29. The molecule has 0 unspecified atom stereocenters. The van der Waals surface area contributed by atoms with Gasteiger partial charge in [-0.25, -0.2) is 8.91 Å². The van der Waals surface area contributed by atoms with E-state index in [2.05, 4.69) is 17.1 Å². The van der Waals surface area contributed by atoms with E-state index in [4.69, 9.17) is 21.4 Å². The van der Waals surface area contributed by atoms with Gasteiger partial charge in [0.1, 0.15) is 17.1 Å². The Balaban J connectivity index is 1.38. The van der Waals surface area contributed by atoms with Gasteiger partial charge < -0.3 is 4.74 Å². The van der Waals surface area contributed by atoms with Crippen LogP contribution in [-0.2, 0) is 5.75 Å². The summed E-state index contributed by atoms with van der Waals surface area (Å²) in [6.07, 6.45) is 5.92. The maximum Gasteiger partial charge on any atom is 0.196 e. The SMILES string of the molecule is CCCCOc1ccc(-c2cc3c4nnc(SCc5ccc(F)cc5Cl)n4ccn3n2)cc1. The molecule has 5 aromatic rings. The lowest BCUT2D eigenvalue weighted by Crippen LogP contribution is -1.96. The van der Waals surface area contributed by atoms with Crippen molar-refractivity contribution in [3.8, 4) is 17.0 Å². The fourth-order valence-corrected chi connectivity index (χ4v) is 4.70. The molecule has 33 heavy (non-hydrogen) atoms. The molecule has 0 spiro atoms. The summed E-state index contributed by atoms with van der Waals surface area (Å²) in [7, 11) is 0. The van der Waals surface area contributed by atoms with Gasteiger partial charge in [0.2, 0.25) is 0 Å². The van der Waals surface area contributed by atoms with Crippen molar-refractivity contribution < 1.29 is 9.13 Å². The number of rotatable bonds is 8. The molecule has 0 saturated carbocycles. The molecule has 0 radical (unpaired) electrons. The highest BCUT2D eigenvalue weighted by Gasteiger charge is 2.14. The van der Waals surface area contributed by atoms with E-state index in [1.807, 2.05) is 47.1 Å². The Hall–Kier alpha value is -3.10. The van der Waals surface area contributed by atoms with Crippen LogP contribution in [0.15, 0.2) is 66.1 Å². The van der Waals surface area contributed by atoms with E-state index in [0.29, 0.717) is 16.4 Å². The summed E-state index contributed by atoms with van der Waals surface area (Å²) < 4.78 is 22.8. The molecular formula is C24H21ClFN5OS. The minimum atomic E-state index is -0.348. The third-order valence-corrected chi connectivity index (χ3v) is 6.62. The third-order valence-electron chi connectivity index (χ3n) is 5.27. The van der Waals surface area contributed by atoms with Crippen molar-refractivity contribution in [3.63, 3.8) is 0 Å². The van der Waals surface area contributed by atoms with Gasteiger partial charge in [-0.15, -0.1) is 10.2 Å². The molecule has 5 rings (SSSR count). The van der Waals surface area contributed by atoms with Gasteiger partial charge in [0.25, 0.3) is 0 Å². The van der Waals surface area contributed by atoms with Crippen molar-refractivity contribution in [2.24, 2.45) is 0 Å². The lowest BCUT2D eigenvalue weighted by Gasteiger charge is -2.05. The Kier molecular flexibility index (Phi) is 6.20. The summed E-state index contributed by atoms with van der Waals surface area (Å²) >= 11 is 7.64. The first-order chi connectivity index (χ1) is 16.1. The summed E-state index contributed by atoms with van der Waals surface area (Å²) in [5, 5.41) is 14.5. The number of halogens is 2. The topological polar surface area (TPSA) is 56.7 Å². The van der Waals surface area contributed by atoms with E-state index in [1.54, 1.807) is 10.6 Å². The molecule has 0 N–H and O–H groups in total. The molecule has 9 heteroatoms. The van der Waals surface area contributed by atoms with E-state index in [0.717, 1.165) is 52.7 Å². The second-order valence-corrected chi connectivity index (χ2v) is 8.93. The van der Waals surface area contributed by atoms with Crippen LogP contribution in [-0.4, -0.2) is 30.8 Å². The van der Waals surface area contributed by atoms with E-state index in [9.17, 15) is 4.39 Å². The summed E-state index contributed by atoms with van der Waals surface area (Å²) in [6, 6.07) is 14.4. The maximum absolute atomic E-state index is 13.3. The van der Waals surface area contributed by atoms with Crippen LogP contribution in [0, 0.1) is 5.82 Å². The van der Waals surface area contributed by atoms with Gasteiger partial charge in [-0.1, -0.05) is 42.8 Å². The third kappa shape index (κ3) is 4.54. The van der Waals surface area contributed by atoms with Crippen molar-refractivity contribution >= 4 is 34.5 Å². The Bertz CT molecular complexity index is 1420. The van der Waals surface area contributed by atoms with Crippen LogP contribution in [0.5, 0.6) is 5.75 Å². The number of ether oxygens (including phenoxy) is 1. The molecule has 0 fully saturated rings. The van der Waals surface area contributed by atoms with Crippen LogP contribution in [0.1, 0.15) is 25.3 Å². The van der Waals surface area contributed by atoms with Crippen LogP contribution in [0.4, 0.5) is 4.39 Å². The zero-order valence-corrected chi connectivity index (χ0v) is 19.5. The number of thioether (sulfide) groups is 1. The minimum Gasteiger partial charge on any atom is -0.494 e. The smallest absolute Gasteiger partial charge is 0.196 e. The standard InChI is InChI=1S/C24H21ClFN5OS/c1-2-3-12-32-19-8-5-16(6-9-19)21-14-22-23-27-28-24(30(23)10-11-31(22)29-21)33-15-17-4-7-18(26)13-20(17)25/h4-11,13-14H,2-3,12,15H2,1H3. The van der Waals surface area contributed by atoms with Gasteiger partial charge in [0, 0.05) is 28.7 Å². The maximum atomic E-state index is 13.3. The first-order valence-electron chi connectivity index (χ1n) is 10.7. The minimum absolute atomic E-state index is 0.348. The largest absolute Gasteiger partial charge is 0.494 e. The molecule has 0 saturated heterocycles. The molecule has 0 aliphatic rings. The Morgan fingerprint density at radius 2 is 1.91 bits per heavy atom. The number of hydrogen-bond donors (Lipinski definition) is 0. The molecule has 168 valence electrons. The van der Waals surface area contributed by atoms with Crippen LogP contribution >= 0.6 is 23.4 Å². The first kappa shape index (κ1) is 21.7. The predicted molar refractivity (Wildman–Crippen MR) is 129 cm³/mol. The number of aromatic nitrogens is 5. The highest BCUT2D eigenvalue weighted by atomic mass is 35.5. The molecular weight excluding hydrogens is 461 g/mol. The molecule has 0 bridgehead atoms. The van der Waals surface area contributed by atoms with Crippen LogP contribution in [0.3, 0.4) is 0 Å². The average Bonchev–Trinajstić information content (AvgIpc) is 3.43. The molecule has 0 aliphatic heterocycles. The second-order valence-electron chi connectivity index (χ2n) is 7.58. The van der Waals surface area contributed by atoms with Crippen LogP contribution in [0.25, 0.3) is 22.4 Å². The fraction of sp³-hybridized carbons (Fsp3) is 0.208. The normalized spacial score (nSPS) is 11.5. The van der Waals surface area contributed by atoms with Crippen molar-refractivity contribution in [1.82, 2.24) is 24.2 Å². The van der Waals surface area contributed by atoms with Crippen molar-refractivity contribution in [1.29, 1.82) is 0 Å². The van der Waals surface area contributed by atoms with Gasteiger partial charge in [-0.05, 0) is 54.4 Å². The lowest BCUT2D eigenvalue weighted by molar-refractivity contribution is 0.309. The second kappa shape index (κ2) is 9.41. The van der Waals surface area contributed by atoms with Gasteiger partial charge in [0.05, 0.1) is 12.3 Å². The van der Waals surface area contributed by atoms with Gasteiger partial charge in [-0.3, -0.25) is 4.40 Å². The number of unbranched alkanes of at least 4 members (excludes halogenated alkanes) is 1. The molecule has 6 nitrogen and oxygen atoms in total. The molecule has 0 amide bonds. The number of fused-ring (bicyclic) bond motifs is 3. The first-order valence-corrected chi connectivity index (χ1v) is 12.0. The molecule has 3 heterocycles. The van der Waals surface area contributed by atoms with Crippen molar-refractivity contribution in [3.05, 3.63) is 77.3 Å². The molecule has 3 aromatic heterocycles. The number of hydrogen-bond acceptors (Lipinski definition) is 5. The summed E-state index contributed by atoms with van der Waals surface area (Å²) in [4.78, 5) is 0. The Labute approximate surface area is 199 Å². The predicted octanol–water partition coefficient (Wildman–Crippen LogP) is 6.31. The van der Waals surface area contributed by atoms with Gasteiger partial charge in [-0.2, -0.15) is 5.10 Å². The van der Waals surface area contributed by atoms with Crippen LogP contribution in [0.2, 0.25) is 5.02 Å². The average molecular weight is 482 g/mol. The van der Waals surface area contributed by atoms with E-state index in [-0.39, 0.29) is 5.82 Å². The summed E-state index contributed by atoms with van der Waals surface area (Å²) in [5.74, 6) is 1.07. The van der Waals surface area contributed by atoms with Crippen molar-refractivity contribution in [2.75, 3.05) is 6.61 Å². The number of nitrogens with zero attached hydrogens (tertiary/aromatic N) is 5. The lowest BCUT2D eigenvalue weighted by atomic mass is 10.1. The zero-order valence-electron chi connectivity index (χ0n) is 17.9. The molecule has 0 atom stereocenters. The molecule has 2 aromatic carbocycles. The number of benzene rings is 2. The van der Waals surface area contributed by atoms with E-state index < -0.39 is 0 Å². The summed E-state index contributed by atoms with van der Waals surface area (Å²) in [5.41, 5.74) is 4.26. The Morgan fingerprint density at radius 1 is 1.06 bits per heavy atom. The van der Waals surface area contributed by atoms with Gasteiger partial charge >= 0.3 is 0 Å². The molecule has 0 aliphatic carbocycles. The quantitative estimate of drug-likeness (QED) is 0.192. The van der Waals surface area contributed by atoms with E-state index in [1.165, 1.54) is 23.9 Å².